The van der Waals surface area contributed by atoms with Crippen LogP contribution in [-0.4, -0.2) is 0 Å². The monoisotopic (exact) mass is 374 g/mol. The first-order valence-electron chi connectivity index (χ1n) is 9.93. The predicted molar refractivity (Wildman–Crippen MR) is 118 cm³/mol. The van der Waals surface area contributed by atoms with Crippen molar-refractivity contribution in [1.29, 1.82) is 0 Å². The van der Waals surface area contributed by atoms with Crippen LogP contribution in [-0.2, 0) is 7.05 Å². The number of pyridine rings is 1. The maximum absolute atomic E-state index is 6.54. The van der Waals surface area contributed by atoms with E-state index < -0.39 is 0 Å². The SMILES string of the molecule is Cc1c2c(cc3ccccc13)Oc1cc(-c3ccccc3)cc3cc[n+](C)c-2c13. The number of fused-ring (bicyclic) bond motifs is 3. The van der Waals surface area contributed by atoms with Crippen LogP contribution < -0.4 is 9.30 Å². The van der Waals surface area contributed by atoms with Gasteiger partial charge in [0.2, 0.25) is 5.69 Å². The summed E-state index contributed by atoms with van der Waals surface area (Å²) in [6.45, 7) is 2.20. The molecule has 0 atom stereocenters. The molecule has 0 saturated heterocycles. The van der Waals surface area contributed by atoms with Crippen molar-refractivity contribution in [3.8, 4) is 33.9 Å². The highest BCUT2D eigenvalue weighted by molar-refractivity contribution is 6.06. The van der Waals surface area contributed by atoms with Gasteiger partial charge >= 0.3 is 0 Å². The molecule has 0 fully saturated rings. The van der Waals surface area contributed by atoms with Gasteiger partial charge in [-0.3, -0.25) is 0 Å². The van der Waals surface area contributed by atoms with Crippen molar-refractivity contribution in [2.45, 2.75) is 6.92 Å². The molecule has 1 aliphatic rings. The molecule has 0 aliphatic carbocycles. The molecule has 0 radical (unpaired) electrons. The zero-order valence-electron chi connectivity index (χ0n) is 16.4. The number of hydrogen-bond donors (Lipinski definition) is 0. The Kier molecular flexibility index (Phi) is 3.33. The van der Waals surface area contributed by atoms with E-state index in [1.54, 1.807) is 0 Å². The molecule has 1 aliphatic heterocycles. The van der Waals surface area contributed by atoms with E-state index in [9.17, 15) is 0 Å². The largest absolute Gasteiger partial charge is 0.456 e. The van der Waals surface area contributed by atoms with E-state index in [-0.39, 0.29) is 0 Å². The molecule has 4 aromatic carbocycles. The maximum atomic E-state index is 6.54. The number of aryl methyl sites for hydroxylation is 2. The van der Waals surface area contributed by atoms with Gasteiger partial charge in [0.15, 0.2) is 6.20 Å². The summed E-state index contributed by atoms with van der Waals surface area (Å²) in [7, 11) is 2.12. The van der Waals surface area contributed by atoms with Crippen LogP contribution in [0, 0.1) is 6.92 Å². The highest BCUT2D eigenvalue weighted by Gasteiger charge is 2.30. The zero-order chi connectivity index (χ0) is 19.5. The lowest BCUT2D eigenvalue weighted by molar-refractivity contribution is -0.659. The summed E-state index contributed by atoms with van der Waals surface area (Å²) in [6, 6.07) is 27.8. The average molecular weight is 374 g/mol. The van der Waals surface area contributed by atoms with Gasteiger partial charge in [-0.05, 0) is 58.0 Å². The lowest BCUT2D eigenvalue weighted by Crippen LogP contribution is -2.31. The summed E-state index contributed by atoms with van der Waals surface area (Å²) in [5, 5.41) is 4.87. The van der Waals surface area contributed by atoms with Crippen LogP contribution in [0.3, 0.4) is 0 Å². The molecule has 0 N–H and O–H groups in total. The van der Waals surface area contributed by atoms with Gasteiger partial charge in [-0.2, -0.15) is 0 Å². The first-order valence-corrected chi connectivity index (χ1v) is 9.93. The van der Waals surface area contributed by atoms with Gasteiger partial charge in [0.1, 0.15) is 18.5 Å². The summed E-state index contributed by atoms with van der Waals surface area (Å²) in [4.78, 5) is 0. The molecule has 0 unspecified atom stereocenters. The van der Waals surface area contributed by atoms with E-state index in [0.717, 1.165) is 11.5 Å². The normalized spacial score (nSPS) is 12.1. The van der Waals surface area contributed by atoms with E-state index in [1.807, 2.05) is 6.07 Å². The molecule has 1 aromatic heterocycles. The summed E-state index contributed by atoms with van der Waals surface area (Å²) in [5.74, 6) is 1.86. The Hall–Kier alpha value is -3.65. The van der Waals surface area contributed by atoms with Crippen LogP contribution in [0.4, 0.5) is 0 Å². The third-order valence-corrected chi connectivity index (χ3v) is 6.04. The molecular weight excluding hydrogens is 354 g/mol. The summed E-state index contributed by atoms with van der Waals surface area (Å²) in [6.07, 6.45) is 2.15. The van der Waals surface area contributed by atoms with E-state index in [0.29, 0.717) is 0 Å². The Bertz CT molecular complexity index is 1430. The van der Waals surface area contributed by atoms with Crippen LogP contribution in [0.15, 0.2) is 85.1 Å². The predicted octanol–water partition coefficient (Wildman–Crippen LogP) is 6.57. The van der Waals surface area contributed by atoms with Crippen LogP contribution >= 0.6 is 0 Å². The molecule has 0 spiro atoms. The number of rotatable bonds is 1. The third kappa shape index (κ3) is 2.32. The highest BCUT2D eigenvalue weighted by atomic mass is 16.5. The maximum Gasteiger partial charge on any atom is 0.228 e. The average Bonchev–Trinajstić information content (AvgIpc) is 2.76. The minimum atomic E-state index is 0.926. The smallest absolute Gasteiger partial charge is 0.228 e. The molecule has 2 heterocycles. The Balaban J connectivity index is 1.72. The zero-order valence-corrected chi connectivity index (χ0v) is 16.4. The van der Waals surface area contributed by atoms with Crippen LogP contribution in [0.1, 0.15) is 5.56 Å². The van der Waals surface area contributed by atoms with Crippen molar-refractivity contribution in [2.75, 3.05) is 0 Å². The number of aromatic nitrogens is 1. The molecule has 5 aromatic rings. The molecule has 29 heavy (non-hydrogen) atoms. The number of nitrogens with zero attached hydrogens (tertiary/aromatic N) is 1. The van der Waals surface area contributed by atoms with Crippen molar-refractivity contribution in [3.05, 3.63) is 90.6 Å². The van der Waals surface area contributed by atoms with Crippen molar-refractivity contribution in [1.82, 2.24) is 0 Å². The molecule has 2 nitrogen and oxygen atoms in total. The summed E-state index contributed by atoms with van der Waals surface area (Å²) >= 11 is 0. The molecular formula is C27H20NO+. The van der Waals surface area contributed by atoms with E-state index >= 15 is 0 Å². The lowest BCUT2D eigenvalue weighted by Gasteiger charge is -2.22. The van der Waals surface area contributed by atoms with Gasteiger partial charge in [-0.1, -0.05) is 54.6 Å². The Labute approximate surface area is 169 Å². The second-order valence-electron chi connectivity index (χ2n) is 7.78. The summed E-state index contributed by atoms with van der Waals surface area (Å²) in [5.41, 5.74) is 6.05. The van der Waals surface area contributed by atoms with Gasteiger partial charge in [-0.15, -0.1) is 0 Å². The number of ether oxygens (including phenoxy) is 1. The van der Waals surface area contributed by atoms with Gasteiger partial charge in [0.05, 0.1) is 10.9 Å². The van der Waals surface area contributed by atoms with Gasteiger partial charge < -0.3 is 4.74 Å². The minimum Gasteiger partial charge on any atom is -0.456 e. The van der Waals surface area contributed by atoms with Crippen LogP contribution in [0.2, 0.25) is 0 Å². The second kappa shape index (κ2) is 5.92. The first-order chi connectivity index (χ1) is 14.2. The third-order valence-electron chi connectivity index (χ3n) is 6.04. The summed E-state index contributed by atoms with van der Waals surface area (Å²) < 4.78 is 8.76. The quantitative estimate of drug-likeness (QED) is 0.297. The van der Waals surface area contributed by atoms with Crippen molar-refractivity contribution in [3.63, 3.8) is 0 Å². The topological polar surface area (TPSA) is 13.1 Å². The van der Waals surface area contributed by atoms with E-state index in [4.69, 9.17) is 4.74 Å². The standard InChI is InChI=1S/C27H20NO/c1-17-22-11-7-6-10-19(22)15-23-25(17)27-26-20(12-13-28(27)2)14-21(16-24(26)29-23)18-8-4-3-5-9-18/h3-16H,1-2H3/q+1. The van der Waals surface area contributed by atoms with Crippen molar-refractivity contribution in [2.24, 2.45) is 7.05 Å². The molecule has 0 bridgehead atoms. The lowest BCUT2D eigenvalue weighted by atomic mass is 9.91. The van der Waals surface area contributed by atoms with Gasteiger partial charge in [0.25, 0.3) is 0 Å². The number of benzene rings is 4. The van der Waals surface area contributed by atoms with Gasteiger partial charge in [-0.25, -0.2) is 4.57 Å². The van der Waals surface area contributed by atoms with E-state index in [2.05, 4.69) is 97.5 Å². The van der Waals surface area contributed by atoms with Gasteiger partial charge in [0, 0.05) is 6.07 Å². The molecule has 138 valence electrons. The number of hydrogen-bond acceptors (Lipinski definition) is 1. The minimum absolute atomic E-state index is 0.926. The van der Waals surface area contributed by atoms with E-state index in [1.165, 1.54) is 49.5 Å². The second-order valence-corrected chi connectivity index (χ2v) is 7.78. The van der Waals surface area contributed by atoms with Crippen molar-refractivity contribution >= 4 is 21.5 Å². The highest BCUT2D eigenvalue weighted by Crippen LogP contribution is 2.49. The van der Waals surface area contributed by atoms with Crippen LogP contribution in [0.5, 0.6) is 11.5 Å². The van der Waals surface area contributed by atoms with Crippen LogP contribution in [0.25, 0.3) is 43.9 Å². The molecule has 0 amide bonds. The Morgan fingerprint density at radius 3 is 2.38 bits per heavy atom. The fourth-order valence-electron chi connectivity index (χ4n) is 4.63. The fraction of sp³-hybridized carbons (Fsp3) is 0.0741. The molecule has 0 saturated carbocycles. The Morgan fingerprint density at radius 2 is 1.52 bits per heavy atom. The first kappa shape index (κ1) is 16.3. The fourth-order valence-corrected chi connectivity index (χ4v) is 4.63. The molecule has 2 heteroatoms. The van der Waals surface area contributed by atoms with Crippen molar-refractivity contribution < 1.29 is 9.30 Å². The molecule has 6 rings (SSSR count). The Morgan fingerprint density at radius 1 is 0.724 bits per heavy atom.